The van der Waals surface area contributed by atoms with Crippen LogP contribution < -0.4 is 4.74 Å². The maximum Gasteiger partial charge on any atom is 0.337 e. The van der Waals surface area contributed by atoms with Gasteiger partial charge in [-0.25, -0.2) is 9.59 Å². The van der Waals surface area contributed by atoms with Gasteiger partial charge in [-0.3, -0.25) is 10.1 Å². The first kappa shape index (κ1) is 21.5. The second-order valence-electron chi connectivity index (χ2n) is 5.99. The van der Waals surface area contributed by atoms with E-state index < -0.39 is 22.8 Å². The van der Waals surface area contributed by atoms with Crippen molar-refractivity contribution >= 4 is 23.9 Å². The lowest BCUT2D eigenvalue weighted by Gasteiger charge is -2.15. The predicted octanol–water partition coefficient (Wildman–Crippen LogP) is 2.70. The molecule has 29 heavy (non-hydrogen) atoms. The van der Waals surface area contributed by atoms with Crippen LogP contribution in [-0.2, 0) is 20.7 Å². The van der Waals surface area contributed by atoms with Gasteiger partial charge in [-0.2, -0.15) is 0 Å². The third-order valence-electron chi connectivity index (χ3n) is 4.36. The van der Waals surface area contributed by atoms with E-state index in [9.17, 15) is 24.5 Å². The summed E-state index contributed by atoms with van der Waals surface area (Å²) in [6.45, 7) is 0. The molecule has 0 fully saturated rings. The van der Waals surface area contributed by atoms with Crippen LogP contribution in [0.25, 0.3) is 0 Å². The number of aldehydes is 1. The first-order valence-corrected chi connectivity index (χ1v) is 8.43. The summed E-state index contributed by atoms with van der Waals surface area (Å²) in [4.78, 5) is 46.1. The monoisotopic (exact) mass is 401 g/mol. The molecule has 0 N–H and O–H groups in total. The Morgan fingerprint density at radius 2 is 1.62 bits per heavy atom. The first-order chi connectivity index (χ1) is 13.9. The normalized spacial score (nSPS) is 11.3. The number of nitrogens with zero attached hydrogens (tertiary/aromatic N) is 1. The Bertz CT molecular complexity index is 953. The van der Waals surface area contributed by atoms with E-state index in [2.05, 4.69) is 9.47 Å². The van der Waals surface area contributed by atoms with Gasteiger partial charge in [0.2, 0.25) is 0 Å². The van der Waals surface area contributed by atoms with Crippen molar-refractivity contribution in [1.82, 2.24) is 0 Å². The van der Waals surface area contributed by atoms with E-state index in [1.54, 1.807) is 6.07 Å². The number of benzene rings is 2. The van der Waals surface area contributed by atoms with Gasteiger partial charge in [0.05, 0.1) is 43.3 Å². The van der Waals surface area contributed by atoms with Gasteiger partial charge in [0.1, 0.15) is 12.0 Å². The fourth-order valence-electron chi connectivity index (χ4n) is 2.89. The van der Waals surface area contributed by atoms with Crippen molar-refractivity contribution in [3.05, 3.63) is 68.8 Å². The molecule has 0 aliphatic heterocycles. The second kappa shape index (κ2) is 9.45. The summed E-state index contributed by atoms with van der Waals surface area (Å²) in [5.41, 5.74) is 0.685. The molecule has 9 heteroatoms. The number of carbonyl (C=O) groups is 3. The Hall–Kier alpha value is -3.75. The highest BCUT2D eigenvalue weighted by atomic mass is 16.6. The van der Waals surface area contributed by atoms with Gasteiger partial charge >= 0.3 is 11.9 Å². The molecule has 0 spiro atoms. The van der Waals surface area contributed by atoms with Gasteiger partial charge in [0.25, 0.3) is 5.69 Å². The quantitative estimate of drug-likeness (QED) is 0.286. The molecule has 0 aromatic heterocycles. The number of ether oxygens (including phenoxy) is 3. The van der Waals surface area contributed by atoms with Gasteiger partial charge in [0.15, 0.2) is 0 Å². The molecule has 152 valence electrons. The molecule has 0 amide bonds. The van der Waals surface area contributed by atoms with Crippen LogP contribution in [0.15, 0.2) is 36.4 Å². The molecule has 1 unspecified atom stereocenters. The second-order valence-corrected chi connectivity index (χ2v) is 5.99. The summed E-state index contributed by atoms with van der Waals surface area (Å²) in [5.74, 6) is -1.83. The van der Waals surface area contributed by atoms with E-state index in [0.29, 0.717) is 17.6 Å². The topological polar surface area (TPSA) is 122 Å². The largest absolute Gasteiger partial charge is 0.496 e. The summed E-state index contributed by atoms with van der Waals surface area (Å²) in [7, 11) is 3.84. The first-order valence-electron chi connectivity index (χ1n) is 8.43. The molecule has 2 aromatic rings. The fraction of sp³-hybridized carbons (Fsp3) is 0.250. The molecule has 0 saturated heterocycles. The molecular weight excluding hydrogens is 382 g/mol. The van der Waals surface area contributed by atoms with Crippen LogP contribution >= 0.6 is 0 Å². The Labute approximate surface area is 166 Å². The molecule has 0 aliphatic carbocycles. The van der Waals surface area contributed by atoms with Crippen molar-refractivity contribution in [2.75, 3.05) is 21.3 Å². The van der Waals surface area contributed by atoms with Gasteiger partial charge in [-0.05, 0) is 36.2 Å². The smallest absolute Gasteiger partial charge is 0.337 e. The number of methoxy groups -OCH3 is 3. The van der Waals surface area contributed by atoms with Gasteiger partial charge < -0.3 is 19.0 Å². The van der Waals surface area contributed by atoms with Crippen molar-refractivity contribution in [3.8, 4) is 5.75 Å². The molecule has 0 bridgehead atoms. The third-order valence-corrected chi connectivity index (χ3v) is 4.36. The lowest BCUT2D eigenvalue weighted by molar-refractivity contribution is -0.385. The maximum absolute atomic E-state index is 11.8. The minimum Gasteiger partial charge on any atom is -0.496 e. The summed E-state index contributed by atoms with van der Waals surface area (Å²) in [6.07, 6.45) is 0.622. The van der Waals surface area contributed by atoms with Crippen molar-refractivity contribution in [2.45, 2.75) is 12.3 Å². The van der Waals surface area contributed by atoms with Crippen LogP contribution in [0.3, 0.4) is 0 Å². The average Bonchev–Trinajstić information content (AvgIpc) is 2.75. The number of rotatable bonds is 8. The molecule has 1 atom stereocenters. The van der Waals surface area contributed by atoms with Crippen molar-refractivity contribution in [3.63, 3.8) is 0 Å². The zero-order chi connectivity index (χ0) is 21.6. The molecule has 0 heterocycles. The molecule has 2 rings (SSSR count). The summed E-state index contributed by atoms with van der Waals surface area (Å²) in [5, 5.41) is 11.4. The number of esters is 2. The van der Waals surface area contributed by atoms with E-state index in [1.807, 2.05) is 0 Å². The highest BCUT2D eigenvalue weighted by Crippen LogP contribution is 2.32. The maximum atomic E-state index is 11.8. The van der Waals surface area contributed by atoms with Gasteiger partial charge in [-0.1, -0.05) is 6.07 Å². The van der Waals surface area contributed by atoms with Crippen LogP contribution in [0, 0.1) is 10.1 Å². The van der Waals surface area contributed by atoms with Crippen molar-refractivity contribution in [1.29, 1.82) is 0 Å². The van der Waals surface area contributed by atoms with Crippen LogP contribution in [0.2, 0.25) is 0 Å². The Balaban J connectivity index is 2.49. The van der Waals surface area contributed by atoms with Gasteiger partial charge in [0, 0.05) is 11.6 Å². The lowest BCUT2D eigenvalue weighted by atomic mass is 9.90. The third kappa shape index (κ3) is 4.75. The Morgan fingerprint density at radius 1 is 1.03 bits per heavy atom. The molecule has 0 aliphatic rings. The highest BCUT2D eigenvalue weighted by molar-refractivity contribution is 5.91. The SMILES string of the molecule is COC(=O)c1ccc(CC(C=O)c2cc(C(=O)OC)ccc2[N+](=O)[O-])c(OC)c1. The number of carbonyl (C=O) groups excluding carboxylic acids is 3. The summed E-state index contributed by atoms with van der Waals surface area (Å²) in [6, 6.07) is 8.25. The number of nitro benzene ring substituents is 1. The predicted molar refractivity (Wildman–Crippen MR) is 101 cm³/mol. The van der Waals surface area contributed by atoms with Crippen LogP contribution in [0.4, 0.5) is 5.69 Å². The fourth-order valence-corrected chi connectivity index (χ4v) is 2.89. The number of hydrogen-bond donors (Lipinski definition) is 0. The van der Waals surface area contributed by atoms with E-state index in [1.165, 1.54) is 45.6 Å². The lowest BCUT2D eigenvalue weighted by Crippen LogP contribution is -2.11. The molecule has 9 nitrogen and oxygen atoms in total. The Morgan fingerprint density at radius 3 is 2.14 bits per heavy atom. The Kier molecular flexibility index (Phi) is 7.02. The minimum atomic E-state index is -0.933. The van der Waals surface area contributed by atoms with Crippen molar-refractivity contribution in [2.24, 2.45) is 0 Å². The van der Waals surface area contributed by atoms with E-state index in [-0.39, 0.29) is 28.8 Å². The highest BCUT2D eigenvalue weighted by Gasteiger charge is 2.25. The summed E-state index contributed by atoms with van der Waals surface area (Å²) >= 11 is 0. The van der Waals surface area contributed by atoms with E-state index in [0.717, 1.165) is 6.07 Å². The van der Waals surface area contributed by atoms with Gasteiger partial charge in [-0.15, -0.1) is 0 Å². The summed E-state index contributed by atoms with van der Waals surface area (Å²) < 4.78 is 14.6. The van der Waals surface area contributed by atoms with Crippen LogP contribution in [0.5, 0.6) is 5.75 Å². The number of nitro groups is 1. The van der Waals surface area contributed by atoms with Crippen LogP contribution in [0.1, 0.15) is 37.8 Å². The molecule has 2 aromatic carbocycles. The minimum absolute atomic E-state index is 0.0552. The van der Waals surface area contributed by atoms with Crippen LogP contribution in [-0.4, -0.2) is 44.5 Å². The molecular formula is C20H19NO8. The standard InChI is InChI=1S/C20H19NO8/c1-27-18-10-14(20(24)29-3)5-4-12(18)8-15(11-22)16-9-13(19(23)28-2)6-7-17(16)21(25)26/h4-7,9-11,15H,8H2,1-3H3. The number of hydrogen-bond acceptors (Lipinski definition) is 8. The van der Waals surface area contributed by atoms with Crippen molar-refractivity contribution < 1.29 is 33.5 Å². The average molecular weight is 401 g/mol. The van der Waals surface area contributed by atoms with E-state index in [4.69, 9.17) is 4.74 Å². The molecule has 0 saturated carbocycles. The van der Waals surface area contributed by atoms with E-state index >= 15 is 0 Å². The zero-order valence-electron chi connectivity index (χ0n) is 16.0. The zero-order valence-corrected chi connectivity index (χ0v) is 16.0. The molecule has 0 radical (unpaired) electrons.